The number of ketones is 1. The number of aromatic nitrogens is 1. The minimum atomic E-state index is -0.120. The van der Waals surface area contributed by atoms with Crippen molar-refractivity contribution in [3.05, 3.63) is 33.5 Å². The molecule has 0 spiro atoms. The molecule has 2 aromatic heterocycles. The molecule has 0 fully saturated rings. The van der Waals surface area contributed by atoms with Crippen molar-refractivity contribution in [1.82, 2.24) is 4.98 Å². The largest absolute Gasteiger partial charge is 0.351 e. The van der Waals surface area contributed by atoms with Gasteiger partial charge in [-0.25, -0.2) is 4.98 Å². The minimum Gasteiger partial charge on any atom is -0.351 e. The van der Waals surface area contributed by atoms with Crippen LogP contribution in [0.1, 0.15) is 15.4 Å². The number of carbonyl (C=O) groups excluding carboxylic acids is 1. The molecule has 96 valence electrons. The van der Waals surface area contributed by atoms with Crippen molar-refractivity contribution >= 4 is 45.2 Å². The Morgan fingerprint density at radius 2 is 2.33 bits per heavy atom. The van der Waals surface area contributed by atoms with Crippen molar-refractivity contribution in [2.24, 2.45) is 0 Å². The molecular formula is C12H13ClN2OS2. The van der Waals surface area contributed by atoms with Crippen LogP contribution in [0.5, 0.6) is 0 Å². The molecule has 18 heavy (non-hydrogen) atoms. The summed E-state index contributed by atoms with van der Waals surface area (Å²) in [6.07, 6.45) is 0.993. The van der Waals surface area contributed by atoms with E-state index in [9.17, 15) is 4.79 Å². The Morgan fingerprint density at radius 1 is 1.50 bits per heavy atom. The number of anilines is 1. The Hall–Kier alpha value is -0.910. The van der Waals surface area contributed by atoms with Gasteiger partial charge in [0.05, 0.1) is 5.88 Å². The summed E-state index contributed by atoms with van der Waals surface area (Å²) in [6, 6.07) is 4.18. The van der Waals surface area contributed by atoms with Crippen LogP contribution in [0.4, 0.5) is 5.13 Å². The summed E-state index contributed by atoms with van der Waals surface area (Å²) in [6.45, 7) is 0.891. The Kier molecular flexibility index (Phi) is 4.74. The highest BCUT2D eigenvalue weighted by Gasteiger charge is 2.12. The van der Waals surface area contributed by atoms with Crippen LogP contribution in [0.2, 0.25) is 0 Å². The van der Waals surface area contributed by atoms with Crippen molar-refractivity contribution < 1.29 is 4.79 Å². The van der Waals surface area contributed by atoms with Gasteiger partial charge in [-0.1, -0.05) is 6.07 Å². The fraction of sp³-hybridized carbons (Fsp3) is 0.333. The molecule has 0 aliphatic rings. The molecule has 0 saturated carbocycles. The molecular weight excluding hydrogens is 288 g/mol. The maximum Gasteiger partial charge on any atom is 0.196 e. The van der Waals surface area contributed by atoms with E-state index in [4.69, 9.17) is 11.6 Å². The molecule has 2 aromatic rings. The standard InChI is InChI=1S/C12H13ClN2OS2/c1-15(5-4-9-3-2-6-17-9)12-14-10(8-18-12)11(16)7-13/h2-3,6,8H,4-5,7H2,1H3. The second-order valence-corrected chi connectivity index (χ2v) is 5.96. The van der Waals surface area contributed by atoms with Gasteiger partial charge >= 0.3 is 0 Å². The van der Waals surface area contributed by atoms with Gasteiger partial charge in [-0.05, 0) is 17.9 Å². The average molecular weight is 301 g/mol. The summed E-state index contributed by atoms with van der Waals surface area (Å²) in [5, 5.41) is 4.71. The fourth-order valence-corrected chi connectivity index (χ4v) is 3.12. The summed E-state index contributed by atoms with van der Waals surface area (Å²) >= 11 is 8.74. The lowest BCUT2D eigenvalue weighted by Crippen LogP contribution is -2.20. The second kappa shape index (κ2) is 6.31. The molecule has 0 N–H and O–H groups in total. The highest BCUT2D eigenvalue weighted by atomic mass is 35.5. The van der Waals surface area contributed by atoms with E-state index in [1.54, 1.807) is 16.7 Å². The van der Waals surface area contributed by atoms with Gasteiger partial charge in [-0.15, -0.1) is 34.3 Å². The number of thiazole rings is 1. The van der Waals surface area contributed by atoms with Gasteiger partial charge in [0.2, 0.25) is 0 Å². The van der Waals surface area contributed by atoms with E-state index in [0.717, 1.165) is 18.1 Å². The Labute approximate surface area is 119 Å². The Balaban J connectivity index is 1.94. The second-order valence-electron chi connectivity index (χ2n) is 3.82. The van der Waals surface area contributed by atoms with Crippen molar-refractivity contribution in [3.63, 3.8) is 0 Å². The van der Waals surface area contributed by atoms with Crippen LogP contribution in [0.3, 0.4) is 0 Å². The summed E-state index contributed by atoms with van der Waals surface area (Å²) in [5.41, 5.74) is 0.466. The lowest BCUT2D eigenvalue weighted by Gasteiger charge is -2.14. The Morgan fingerprint density at radius 3 is 3.00 bits per heavy atom. The SMILES string of the molecule is CN(CCc1cccs1)c1nc(C(=O)CCl)cs1. The van der Waals surface area contributed by atoms with Gasteiger partial charge in [-0.2, -0.15) is 0 Å². The molecule has 0 unspecified atom stereocenters. The molecule has 0 aromatic carbocycles. The monoisotopic (exact) mass is 300 g/mol. The molecule has 6 heteroatoms. The number of likely N-dealkylation sites (N-methyl/N-ethyl adjacent to an activating group) is 1. The third-order valence-corrected chi connectivity index (χ3v) is 4.63. The van der Waals surface area contributed by atoms with Crippen LogP contribution >= 0.6 is 34.3 Å². The maximum absolute atomic E-state index is 11.4. The lowest BCUT2D eigenvalue weighted by molar-refractivity contribution is 0.101. The van der Waals surface area contributed by atoms with Gasteiger partial charge in [-0.3, -0.25) is 4.79 Å². The molecule has 0 radical (unpaired) electrons. The first-order valence-electron chi connectivity index (χ1n) is 5.49. The van der Waals surface area contributed by atoms with Gasteiger partial charge in [0.15, 0.2) is 10.9 Å². The molecule has 3 nitrogen and oxygen atoms in total. The van der Waals surface area contributed by atoms with Crippen molar-refractivity contribution in [1.29, 1.82) is 0 Å². The highest BCUT2D eigenvalue weighted by Crippen LogP contribution is 2.20. The number of hydrogen-bond donors (Lipinski definition) is 0. The van der Waals surface area contributed by atoms with Crippen molar-refractivity contribution in [3.8, 4) is 0 Å². The van der Waals surface area contributed by atoms with Crippen LogP contribution in [-0.4, -0.2) is 30.2 Å². The van der Waals surface area contributed by atoms with Crippen molar-refractivity contribution in [2.45, 2.75) is 6.42 Å². The molecule has 0 aliphatic carbocycles. The van der Waals surface area contributed by atoms with E-state index in [1.807, 2.05) is 7.05 Å². The van der Waals surface area contributed by atoms with E-state index in [0.29, 0.717) is 5.69 Å². The predicted molar refractivity (Wildman–Crippen MR) is 78.5 cm³/mol. The van der Waals surface area contributed by atoms with E-state index >= 15 is 0 Å². The number of hydrogen-bond acceptors (Lipinski definition) is 5. The number of rotatable bonds is 6. The lowest BCUT2D eigenvalue weighted by atomic mass is 10.3. The topological polar surface area (TPSA) is 33.2 Å². The molecule has 0 bridgehead atoms. The number of alkyl halides is 1. The summed E-state index contributed by atoms with van der Waals surface area (Å²) < 4.78 is 0. The van der Waals surface area contributed by atoms with Crippen LogP contribution in [0.25, 0.3) is 0 Å². The normalized spacial score (nSPS) is 10.6. The average Bonchev–Trinajstić information content (AvgIpc) is 3.05. The summed E-state index contributed by atoms with van der Waals surface area (Å²) in [7, 11) is 1.99. The fourth-order valence-electron chi connectivity index (χ4n) is 1.46. The molecule has 2 heterocycles. The van der Waals surface area contributed by atoms with Crippen LogP contribution < -0.4 is 4.90 Å². The molecule has 0 saturated heterocycles. The van der Waals surface area contributed by atoms with Gasteiger partial charge in [0.25, 0.3) is 0 Å². The predicted octanol–water partition coefficient (Wildman–Crippen LogP) is 3.31. The van der Waals surface area contributed by atoms with E-state index < -0.39 is 0 Å². The first-order valence-corrected chi connectivity index (χ1v) is 7.78. The third-order valence-electron chi connectivity index (χ3n) is 2.50. The van der Waals surface area contributed by atoms with Gasteiger partial charge in [0, 0.05) is 23.8 Å². The number of nitrogens with zero attached hydrogens (tertiary/aromatic N) is 2. The Bertz CT molecular complexity index is 510. The molecule has 0 aliphatic heterocycles. The minimum absolute atomic E-state index is 0.0118. The van der Waals surface area contributed by atoms with Crippen LogP contribution in [0.15, 0.2) is 22.9 Å². The van der Waals surface area contributed by atoms with E-state index in [2.05, 4.69) is 27.4 Å². The molecule has 0 amide bonds. The number of halogens is 1. The van der Waals surface area contributed by atoms with Crippen LogP contribution in [0, 0.1) is 0 Å². The first kappa shape index (κ1) is 13.5. The van der Waals surface area contributed by atoms with Crippen molar-refractivity contribution in [2.75, 3.05) is 24.4 Å². The number of Topliss-reactive ketones (excluding diaryl/α,β-unsaturated/α-hetero) is 1. The van der Waals surface area contributed by atoms with E-state index in [1.165, 1.54) is 16.2 Å². The van der Waals surface area contributed by atoms with Gasteiger partial charge in [0.1, 0.15) is 5.69 Å². The van der Waals surface area contributed by atoms with Crippen LogP contribution in [-0.2, 0) is 6.42 Å². The quantitative estimate of drug-likeness (QED) is 0.606. The maximum atomic E-state index is 11.4. The van der Waals surface area contributed by atoms with Gasteiger partial charge < -0.3 is 4.90 Å². The first-order chi connectivity index (χ1) is 8.70. The zero-order chi connectivity index (χ0) is 13.0. The number of thiophene rings is 1. The number of carbonyl (C=O) groups is 1. The molecule has 0 atom stereocenters. The summed E-state index contributed by atoms with van der Waals surface area (Å²) in [5.74, 6) is -0.131. The molecule has 2 rings (SSSR count). The zero-order valence-corrected chi connectivity index (χ0v) is 12.3. The van der Waals surface area contributed by atoms with E-state index in [-0.39, 0.29) is 11.7 Å². The zero-order valence-electron chi connectivity index (χ0n) is 9.93. The highest BCUT2D eigenvalue weighted by molar-refractivity contribution is 7.14. The summed E-state index contributed by atoms with van der Waals surface area (Å²) in [4.78, 5) is 19.1. The third kappa shape index (κ3) is 3.31. The smallest absolute Gasteiger partial charge is 0.196 e.